The third-order valence-electron chi connectivity index (χ3n) is 5.55. The van der Waals surface area contributed by atoms with E-state index in [1.54, 1.807) is 6.92 Å². The molecular weight excluding hydrogens is 436 g/mol. The largest absolute Gasteiger partial charge is 0.378 e. The molecule has 2 aliphatic heterocycles. The molecule has 8 nitrogen and oxygen atoms in total. The molecule has 1 N–H and O–H groups in total. The van der Waals surface area contributed by atoms with Gasteiger partial charge in [-0.25, -0.2) is 4.98 Å². The number of amides is 1. The fourth-order valence-corrected chi connectivity index (χ4v) is 4.74. The summed E-state index contributed by atoms with van der Waals surface area (Å²) in [4.78, 5) is 21.1. The third-order valence-corrected chi connectivity index (χ3v) is 6.49. The first-order chi connectivity index (χ1) is 16.1. The number of hydrogen-bond donors (Lipinski definition) is 1. The average molecular weight is 461 g/mol. The van der Waals surface area contributed by atoms with E-state index in [9.17, 15) is 4.79 Å². The number of nitrogens with one attached hydrogen (secondary N) is 1. The van der Waals surface area contributed by atoms with Crippen molar-refractivity contribution in [2.24, 2.45) is 10.2 Å². The number of hydrazone groups is 2. The number of para-hydroxylation sites is 2. The molecule has 1 fully saturated rings. The van der Waals surface area contributed by atoms with Crippen molar-refractivity contribution in [3.05, 3.63) is 59.5 Å². The zero-order chi connectivity index (χ0) is 22.8. The number of nitrogens with zero attached hydrogens (tertiary/aromatic N) is 5. The molecule has 0 saturated carbocycles. The van der Waals surface area contributed by atoms with E-state index in [-0.39, 0.29) is 11.6 Å². The molecule has 2 aromatic carbocycles. The van der Waals surface area contributed by atoms with Crippen molar-refractivity contribution in [1.29, 1.82) is 0 Å². The SMILES string of the molecule is CC1=NN(c2nc(-c3ccccc3)c(C)s2)C(=O)C1=NNc1ccccc1N1CCOCC1. The van der Waals surface area contributed by atoms with E-state index in [1.807, 2.05) is 61.5 Å². The summed E-state index contributed by atoms with van der Waals surface area (Å²) in [7, 11) is 0. The normalized spacial score (nSPS) is 17.6. The van der Waals surface area contributed by atoms with E-state index >= 15 is 0 Å². The molecule has 0 aliphatic carbocycles. The van der Waals surface area contributed by atoms with Crippen LogP contribution in [0.4, 0.5) is 16.5 Å². The van der Waals surface area contributed by atoms with Gasteiger partial charge >= 0.3 is 5.91 Å². The molecule has 2 aliphatic rings. The van der Waals surface area contributed by atoms with Gasteiger partial charge in [-0.1, -0.05) is 53.8 Å². The van der Waals surface area contributed by atoms with Gasteiger partial charge in [0.25, 0.3) is 0 Å². The first-order valence-corrected chi connectivity index (χ1v) is 11.6. The van der Waals surface area contributed by atoms with Crippen LogP contribution in [-0.4, -0.2) is 48.6 Å². The third kappa shape index (κ3) is 4.24. The Morgan fingerprint density at radius 3 is 2.55 bits per heavy atom. The number of hydrogen-bond acceptors (Lipinski definition) is 8. The molecule has 5 rings (SSSR count). The Morgan fingerprint density at radius 1 is 1.03 bits per heavy atom. The molecule has 9 heteroatoms. The van der Waals surface area contributed by atoms with E-state index in [4.69, 9.17) is 9.72 Å². The van der Waals surface area contributed by atoms with Crippen LogP contribution in [0.3, 0.4) is 0 Å². The Labute approximate surface area is 196 Å². The number of aromatic nitrogens is 1. The van der Waals surface area contributed by atoms with Crippen LogP contribution in [0.5, 0.6) is 0 Å². The molecule has 0 atom stereocenters. The highest BCUT2D eigenvalue weighted by Gasteiger charge is 2.33. The summed E-state index contributed by atoms with van der Waals surface area (Å²) in [6.07, 6.45) is 0. The second kappa shape index (κ2) is 9.13. The van der Waals surface area contributed by atoms with E-state index in [0.29, 0.717) is 24.1 Å². The first kappa shape index (κ1) is 21.3. The zero-order valence-corrected chi connectivity index (χ0v) is 19.3. The van der Waals surface area contributed by atoms with Crippen LogP contribution in [0.25, 0.3) is 11.3 Å². The minimum Gasteiger partial charge on any atom is -0.378 e. The van der Waals surface area contributed by atoms with Crippen molar-refractivity contribution in [2.75, 3.05) is 41.6 Å². The van der Waals surface area contributed by atoms with Gasteiger partial charge in [-0.2, -0.15) is 15.2 Å². The minimum atomic E-state index is -0.294. The molecule has 1 amide bonds. The van der Waals surface area contributed by atoms with Crippen molar-refractivity contribution in [2.45, 2.75) is 13.8 Å². The molecule has 0 unspecified atom stereocenters. The number of benzene rings is 2. The Hall–Kier alpha value is -3.56. The Balaban J connectivity index is 1.37. The van der Waals surface area contributed by atoms with Crippen molar-refractivity contribution in [3.63, 3.8) is 0 Å². The quantitative estimate of drug-likeness (QED) is 0.579. The van der Waals surface area contributed by atoms with E-state index in [2.05, 4.69) is 20.5 Å². The average Bonchev–Trinajstić information content (AvgIpc) is 3.37. The van der Waals surface area contributed by atoms with Gasteiger partial charge in [0.15, 0.2) is 5.71 Å². The highest BCUT2D eigenvalue weighted by molar-refractivity contribution is 7.16. The summed E-state index contributed by atoms with van der Waals surface area (Å²) in [5.41, 5.74) is 7.66. The summed E-state index contributed by atoms with van der Waals surface area (Å²) < 4.78 is 5.46. The number of carbonyl (C=O) groups excluding carboxylic acids is 1. The van der Waals surface area contributed by atoms with Gasteiger partial charge in [0.1, 0.15) is 0 Å². The van der Waals surface area contributed by atoms with Crippen LogP contribution < -0.4 is 15.3 Å². The van der Waals surface area contributed by atoms with Crippen LogP contribution >= 0.6 is 11.3 Å². The molecule has 1 saturated heterocycles. The van der Waals surface area contributed by atoms with E-state index < -0.39 is 0 Å². The number of thiazole rings is 1. The highest BCUT2D eigenvalue weighted by Crippen LogP contribution is 2.34. The lowest BCUT2D eigenvalue weighted by Gasteiger charge is -2.30. The molecule has 1 aromatic heterocycles. The van der Waals surface area contributed by atoms with Crippen LogP contribution in [0.15, 0.2) is 64.8 Å². The maximum absolute atomic E-state index is 13.2. The summed E-state index contributed by atoms with van der Waals surface area (Å²) in [5, 5.41) is 10.8. The van der Waals surface area contributed by atoms with E-state index in [0.717, 1.165) is 40.6 Å². The molecule has 3 heterocycles. The summed E-state index contributed by atoms with van der Waals surface area (Å²) in [6.45, 7) is 6.80. The van der Waals surface area contributed by atoms with Crippen molar-refractivity contribution in [3.8, 4) is 11.3 Å². The van der Waals surface area contributed by atoms with Gasteiger partial charge in [-0.05, 0) is 26.0 Å². The summed E-state index contributed by atoms with van der Waals surface area (Å²) in [5.74, 6) is -0.294. The fourth-order valence-electron chi connectivity index (χ4n) is 3.86. The van der Waals surface area contributed by atoms with Crippen molar-refractivity contribution in [1.82, 2.24) is 4.98 Å². The lowest BCUT2D eigenvalue weighted by molar-refractivity contribution is -0.112. The maximum atomic E-state index is 13.2. The standard InChI is InChI=1S/C24H24N6O2S/c1-16-21(27-26-19-10-6-7-11-20(19)29-12-14-32-15-13-29)23(31)30(28-16)24-25-22(17(2)33-24)18-8-4-3-5-9-18/h3-11,26H,12-15H2,1-2H3. The fraction of sp³-hybridized carbons (Fsp3) is 0.250. The number of rotatable bonds is 5. The van der Waals surface area contributed by atoms with Gasteiger partial charge in [0, 0.05) is 23.5 Å². The smallest absolute Gasteiger partial charge is 0.303 e. The number of carbonyl (C=O) groups is 1. The molecule has 0 bridgehead atoms. The van der Waals surface area contributed by atoms with Crippen LogP contribution in [0.1, 0.15) is 11.8 Å². The predicted octanol–water partition coefficient (Wildman–Crippen LogP) is 4.15. The Bertz CT molecular complexity index is 1230. The monoisotopic (exact) mass is 460 g/mol. The topological polar surface area (TPSA) is 82.4 Å². The molecule has 33 heavy (non-hydrogen) atoms. The minimum absolute atomic E-state index is 0.279. The Kier molecular flexibility index (Phi) is 5.89. The second-order valence-electron chi connectivity index (χ2n) is 7.76. The predicted molar refractivity (Wildman–Crippen MR) is 133 cm³/mol. The van der Waals surface area contributed by atoms with Crippen LogP contribution in [0.2, 0.25) is 0 Å². The number of morpholine rings is 1. The lowest BCUT2D eigenvalue weighted by atomic mass is 10.1. The Morgan fingerprint density at radius 2 is 1.76 bits per heavy atom. The molecule has 0 spiro atoms. The number of anilines is 3. The van der Waals surface area contributed by atoms with Gasteiger partial charge < -0.3 is 9.64 Å². The number of ether oxygens (including phenoxy) is 1. The molecular formula is C24H24N6O2S. The van der Waals surface area contributed by atoms with Gasteiger partial charge in [-0.3, -0.25) is 10.2 Å². The van der Waals surface area contributed by atoms with Gasteiger partial charge in [0.2, 0.25) is 5.13 Å². The summed E-state index contributed by atoms with van der Waals surface area (Å²) >= 11 is 1.44. The zero-order valence-electron chi connectivity index (χ0n) is 18.5. The highest BCUT2D eigenvalue weighted by atomic mass is 32.1. The molecule has 168 valence electrons. The second-order valence-corrected chi connectivity index (χ2v) is 8.94. The lowest BCUT2D eigenvalue weighted by Crippen LogP contribution is -2.36. The van der Waals surface area contributed by atoms with E-state index in [1.165, 1.54) is 16.3 Å². The van der Waals surface area contributed by atoms with Crippen molar-refractivity contribution >= 4 is 45.2 Å². The van der Waals surface area contributed by atoms with Gasteiger partial charge in [-0.15, -0.1) is 0 Å². The van der Waals surface area contributed by atoms with Crippen molar-refractivity contribution < 1.29 is 9.53 Å². The molecule has 3 aromatic rings. The maximum Gasteiger partial charge on any atom is 0.303 e. The van der Waals surface area contributed by atoms with Gasteiger partial charge in [0.05, 0.1) is 36.0 Å². The summed E-state index contributed by atoms with van der Waals surface area (Å²) in [6, 6.07) is 17.9. The molecule has 0 radical (unpaired) electrons. The van der Waals surface area contributed by atoms with Crippen LogP contribution in [-0.2, 0) is 9.53 Å². The van der Waals surface area contributed by atoms with Crippen LogP contribution in [0, 0.1) is 6.92 Å². The first-order valence-electron chi connectivity index (χ1n) is 10.8. The number of aryl methyl sites for hydroxylation is 1.